The van der Waals surface area contributed by atoms with Crippen molar-refractivity contribution in [1.82, 2.24) is 0 Å². The maximum absolute atomic E-state index is 12.5. The van der Waals surface area contributed by atoms with Crippen molar-refractivity contribution >= 4 is 11.6 Å². The summed E-state index contributed by atoms with van der Waals surface area (Å²) in [6, 6.07) is 7.62. The predicted octanol–water partition coefficient (Wildman–Crippen LogP) is 2.11. The molecule has 1 saturated heterocycles. The van der Waals surface area contributed by atoms with E-state index in [0.717, 1.165) is 11.3 Å². The minimum Gasteiger partial charge on any atom is -0.379 e. The van der Waals surface area contributed by atoms with Gasteiger partial charge in [-0.2, -0.15) is 0 Å². The Morgan fingerprint density at radius 1 is 1.47 bits per heavy atom. The van der Waals surface area contributed by atoms with Gasteiger partial charge in [-0.15, -0.1) is 0 Å². The summed E-state index contributed by atoms with van der Waals surface area (Å²) in [6.07, 6.45) is 0. The van der Waals surface area contributed by atoms with E-state index in [2.05, 4.69) is 19.2 Å². The summed E-state index contributed by atoms with van der Waals surface area (Å²) in [5, 5.41) is 3.01. The number of hydrogen-bond acceptors (Lipinski definition) is 3. The van der Waals surface area contributed by atoms with Gasteiger partial charge in [0, 0.05) is 11.7 Å². The molecule has 1 heterocycles. The number of benzene rings is 1. The van der Waals surface area contributed by atoms with Crippen molar-refractivity contribution in [2.24, 2.45) is 11.1 Å². The SMILES string of the molecule is CC(C)c1ccccc1NC(=O)C1(C)COCC1N. The molecule has 104 valence electrons. The van der Waals surface area contributed by atoms with E-state index in [1.807, 2.05) is 31.2 Å². The Kier molecular flexibility index (Phi) is 3.92. The van der Waals surface area contributed by atoms with Gasteiger partial charge in [0.25, 0.3) is 0 Å². The van der Waals surface area contributed by atoms with E-state index in [4.69, 9.17) is 10.5 Å². The molecule has 0 bridgehead atoms. The zero-order chi connectivity index (χ0) is 14.0. The first-order valence-corrected chi connectivity index (χ1v) is 6.69. The number of ether oxygens (including phenoxy) is 1. The minimum atomic E-state index is -0.649. The molecule has 19 heavy (non-hydrogen) atoms. The van der Waals surface area contributed by atoms with Crippen LogP contribution in [-0.2, 0) is 9.53 Å². The Morgan fingerprint density at radius 2 is 2.16 bits per heavy atom. The van der Waals surface area contributed by atoms with Gasteiger partial charge in [-0.3, -0.25) is 4.79 Å². The summed E-state index contributed by atoms with van der Waals surface area (Å²) in [7, 11) is 0. The topological polar surface area (TPSA) is 64.3 Å². The quantitative estimate of drug-likeness (QED) is 0.877. The molecule has 0 saturated carbocycles. The van der Waals surface area contributed by atoms with Gasteiger partial charge in [0.1, 0.15) is 0 Å². The fourth-order valence-electron chi connectivity index (χ4n) is 2.30. The van der Waals surface area contributed by atoms with Crippen LogP contribution in [-0.4, -0.2) is 25.2 Å². The van der Waals surface area contributed by atoms with Crippen molar-refractivity contribution < 1.29 is 9.53 Å². The zero-order valence-corrected chi connectivity index (χ0v) is 11.8. The Labute approximate surface area is 114 Å². The monoisotopic (exact) mass is 262 g/mol. The average Bonchev–Trinajstić information content (AvgIpc) is 2.71. The molecule has 1 aliphatic rings. The average molecular weight is 262 g/mol. The van der Waals surface area contributed by atoms with Crippen LogP contribution in [0.2, 0.25) is 0 Å². The van der Waals surface area contributed by atoms with Crippen LogP contribution in [0, 0.1) is 5.41 Å². The van der Waals surface area contributed by atoms with Crippen LogP contribution < -0.4 is 11.1 Å². The molecule has 2 unspecified atom stereocenters. The van der Waals surface area contributed by atoms with Gasteiger partial charge < -0.3 is 15.8 Å². The lowest BCUT2D eigenvalue weighted by Crippen LogP contribution is -2.47. The van der Waals surface area contributed by atoms with Crippen molar-refractivity contribution in [2.75, 3.05) is 18.5 Å². The molecule has 0 aromatic heterocycles. The first-order chi connectivity index (χ1) is 8.95. The lowest BCUT2D eigenvalue weighted by Gasteiger charge is -2.26. The number of rotatable bonds is 3. The predicted molar refractivity (Wildman–Crippen MR) is 76.1 cm³/mol. The third kappa shape index (κ3) is 2.65. The summed E-state index contributed by atoms with van der Waals surface area (Å²) in [4.78, 5) is 12.5. The number of carbonyl (C=O) groups is 1. The highest BCUT2D eigenvalue weighted by atomic mass is 16.5. The fourth-order valence-corrected chi connectivity index (χ4v) is 2.30. The third-order valence-corrected chi connectivity index (χ3v) is 3.87. The van der Waals surface area contributed by atoms with Gasteiger partial charge >= 0.3 is 0 Å². The van der Waals surface area contributed by atoms with Crippen molar-refractivity contribution in [3.8, 4) is 0 Å². The first-order valence-electron chi connectivity index (χ1n) is 6.69. The number of anilines is 1. The molecule has 1 aliphatic heterocycles. The zero-order valence-electron chi connectivity index (χ0n) is 11.8. The number of carbonyl (C=O) groups excluding carboxylic acids is 1. The Morgan fingerprint density at radius 3 is 2.74 bits per heavy atom. The summed E-state index contributed by atoms with van der Waals surface area (Å²) in [6.45, 7) is 6.89. The van der Waals surface area contributed by atoms with Crippen molar-refractivity contribution in [2.45, 2.75) is 32.7 Å². The van der Waals surface area contributed by atoms with Gasteiger partial charge in [0.2, 0.25) is 5.91 Å². The molecule has 1 fully saturated rings. The number of nitrogens with two attached hydrogens (primary N) is 1. The highest BCUT2D eigenvalue weighted by Gasteiger charge is 2.44. The second-order valence-electron chi connectivity index (χ2n) is 5.74. The van der Waals surface area contributed by atoms with E-state index in [-0.39, 0.29) is 11.9 Å². The maximum atomic E-state index is 12.5. The van der Waals surface area contributed by atoms with E-state index < -0.39 is 5.41 Å². The Balaban J connectivity index is 2.20. The van der Waals surface area contributed by atoms with Gasteiger partial charge in [-0.1, -0.05) is 32.0 Å². The fraction of sp³-hybridized carbons (Fsp3) is 0.533. The first kappa shape index (κ1) is 14.0. The van der Waals surface area contributed by atoms with Crippen molar-refractivity contribution in [1.29, 1.82) is 0 Å². The molecule has 0 radical (unpaired) electrons. The summed E-state index contributed by atoms with van der Waals surface area (Å²) < 4.78 is 5.32. The molecular formula is C15H22N2O2. The van der Waals surface area contributed by atoms with Crippen LogP contribution in [0.4, 0.5) is 5.69 Å². The standard InChI is InChI=1S/C15H22N2O2/c1-10(2)11-6-4-5-7-12(11)17-14(18)15(3)9-19-8-13(15)16/h4-7,10,13H,8-9,16H2,1-3H3,(H,17,18). The number of para-hydroxylation sites is 1. The second-order valence-corrected chi connectivity index (χ2v) is 5.74. The van der Waals surface area contributed by atoms with E-state index >= 15 is 0 Å². The van der Waals surface area contributed by atoms with Gasteiger partial charge in [0.05, 0.1) is 18.6 Å². The molecule has 4 heteroatoms. The van der Waals surface area contributed by atoms with Crippen LogP contribution in [0.3, 0.4) is 0 Å². The van der Waals surface area contributed by atoms with Crippen LogP contribution >= 0.6 is 0 Å². The third-order valence-electron chi connectivity index (χ3n) is 3.87. The number of hydrogen-bond donors (Lipinski definition) is 2. The number of amides is 1. The summed E-state index contributed by atoms with van der Waals surface area (Å²) in [5.41, 5.74) is 7.33. The van der Waals surface area contributed by atoms with Crippen LogP contribution in [0.5, 0.6) is 0 Å². The van der Waals surface area contributed by atoms with Crippen molar-refractivity contribution in [3.05, 3.63) is 29.8 Å². The molecule has 3 N–H and O–H groups in total. The van der Waals surface area contributed by atoms with Crippen LogP contribution in [0.1, 0.15) is 32.3 Å². The minimum absolute atomic E-state index is 0.0643. The molecule has 2 atom stereocenters. The molecule has 1 amide bonds. The molecule has 1 aromatic rings. The highest BCUT2D eigenvalue weighted by Crippen LogP contribution is 2.30. The largest absolute Gasteiger partial charge is 0.379 e. The van der Waals surface area contributed by atoms with E-state index in [1.165, 1.54) is 0 Å². The second kappa shape index (κ2) is 5.31. The smallest absolute Gasteiger partial charge is 0.234 e. The molecule has 2 rings (SSSR count). The lowest BCUT2D eigenvalue weighted by atomic mass is 9.84. The van der Waals surface area contributed by atoms with Gasteiger partial charge in [-0.05, 0) is 24.5 Å². The molecule has 4 nitrogen and oxygen atoms in total. The molecule has 0 aliphatic carbocycles. The Bertz CT molecular complexity index is 473. The number of nitrogens with one attached hydrogen (secondary N) is 1. The Hall–Kier alpha value is -1.39. The molecule has 0 spiro atoms. The normalized spacial score (nSPS) is 26.7. The maximum Gasteiger partial charge on any atom is 0.234 e. The van der Waals surface area contributed by atoms with E-state index in [1.54, 1.807) is 0 Å². The van der Waals surface area contributed by atoms with Crippen molar-refractivity contribution in [3.63, 3.8) is 0 Å². The van der Waals surface area contributed by atoms with Crippen LogP contribution in [0.15, 0.2) is 24.3 Å². The van der Waals surface area contributed by atoms with E-state index in [0.29, 0.717) is 19.1 Å². The molecular weight excluding hydrogens is 240 g/mol. The van der Waals surface area contributed by atoms with Gasteiger partial charge in [-0.25, -0.2) is 0 Å². The highest BCUT2D eigenvalue weighted by molar-refractivity contribution is 5.96. The van der Waals surface area contributed by atoms with Crippen LogP contribution in [0.25, 0.3) is 0 Å². The van der Waals surface area contributed by atoms with Gasteiger partial charge in [0.15, 0.2) is 0 Å². The lowest BCUT2D eigenvalue weighted by molar-refractivity contribution is -0.125. The van der Waals surface area contributed by atoms with E-state index in [9.17, 15) is 4.79 Å². The molecule has 1 aromatic carbocycles. The summed E-state index contributed by atoms with van der Waals surface area (Å²) in [5.74, 6) is 0.295. The summed E-state index contributed by atoms with van der Waals surface area (Å²) >= 11 is 0.